The van der Waals surface area contributed by atoms with Gasteiger partial charge < -0.3 is 10.8 Å². The van der Waals surface area contributed by atoms with E-state index in [9.17, 15) is 5.11 Å². The van der Waals surface area contributed by atoms with Crippen molar-refractivity contribution in [1.29, 1.82) is 0 Å². The van der Waals surface area contributed by atoms with Gasteiger partial charge in [0.05, 0.1) is 29.7 Å². The van der Waals surface area contributed by atoms with E-state index in [4.69, 9.17) is 5.73 Å². The van der Waals surface area contributed by atoms with Crippen molar-refractivity contribution in [1.82, 2.24) is 14.7 Å². The minimum atomic E-state index is -0.389. The van der Waals surface area contributed by atoms with Crippen molar-refractivity contribution in [2.75, 3.05) is 18.8 Å². The zero-order valence-electron chi connectivity index (χ0n) is 13.7. The van der Waals surface area contributed by atoms with Crippen LogP contribution in [0.1, 0.15) is 50.4 Å². The van der Waals surface area contributed by atoms with Crippen molar-refractivity contribution in [3.05, 3.63) is 11.4 Å². The monoisotopic (exact) mass is 294 g/mol. The molecule has 1 aliphatic heterocycles. The van der Waals surface area contributed by atoms with E-state index in [1.807, 2.05) is 18.5 Å². The first-order valence-electron chi connectivity index (χ1n) is 8.24. The van der Waals surface area contributed by atoms with Gasteiger partial charge in [0.1, 0.15) is 0 Å². The van der Waals surface area contributed by atoms with Crippen molar-refractivity contribution in [2.24, 2.45) is 0 Å². The number of hydrogen-bond acceptors (Lipinski definition) is 4. The number of aromatic nitrogens is 2. The van der Waals surface area contributed by atoms with Gasteiger partial charge in [-0.05, 0) is 39.7 Å². The van der Waals surface area contributed by atoms with Crippen LogP contribution in [-0.4, -0.2) is 45.0 Å². The first kappa shape index (κ1) is 16.3. The average molecular weight is 294 g/mol. The van der Waals surface area contributed by atoms with E-state index < -0.39 is 0 Å². The van der Waals surface area contributed by atoms with Crippen LogP contribution >= 0.6 is 0 Å². The van der Waals surface area contributed by atoms with Crippen LogP contribution in [0.2, 0.25) is 0 Å². The maximum atomic E-state index is 10.4. The topological polar surface area (TPSA) is 67.3 Å². The first-order valence-corrected chi connectivity index (χ1v) is 8.24. The Balaban J connectivity index is 1.93. The summed E-state index contributed by atoms with van der Waals surface area (Å²) in [6, 6.07) is 0.643. The Morgan fingerprint density at radius 1 is 1.33 bits per heavy atom. The van der Waals surface area contributed by atoms with Crippen molar-refractivity contribution in [2.45, 2.75) is 71.6 Å². The van der Waals surface area contributed by atoms with Gasteiger partial charge in [0.15, 0.2) is 0 Å². The SMILES string of the molecule is CCCC1CCCCN1CC(O)Cn1nc(C)c(N)c1C. The number of rotatable bonds is 6. The van der Waals surface area contributed by atoms with Crippen LogP contribution in [-0.2, 0) is 6.54 Å². The molecule has 0 aliphatic carbocycles. The van der Waals surface area contributed by atoms with E-state index in [0.717, 1.165) is 30.2 Å². The highest BCUT2D eigenvalue weighted by molar-refractivity contribution is 5.46. The molecule has 120 valence electrons. The van der Waals surface area contributed by atoms with Gasteiger partial charge in [0.2, 0.25) is 0 Å². The number of nitrogen functional groups attached to an aromatic ring is 1. The van der Waals surface area contributed by atoms with Gasteiger partial charge in [-0.2, -0.15) is 5.10 Å². The second kappa shape index (κ2) is 7.27. The number of anilines is 1. The maximum absolute atomic E-state index is 10.4. The lowest BCUT2D eigenvalue weighted by molar-refractivity contribution is 0.0530. The maximum Gasteiger partial charge on any atom is 0.0862 e. The van der Waals surface area contributed by atoms with Crippen LogP contribution in [0, 0.1) is 13.8 Å². The molecule has 1 aliphatic rings. The number of nitrogens with zero attached hydrogens (tertiary/aromatic N) is 3. The number of aliphatic hydroxyl groups is 1. The van der Waals surface area contributed by atoms with E-state index in [1.165, 1.54) is 32.1 Å². The zero-order chi connectivity index (χ0) is 15.4. The number of aliphatic hydroxyl groups excluding tert-OH is 1. The molecule has 5 nitrogen and oxygen atoms in total. The Hall–Kier alpha value is -1.07. The number of aryl methyl sites for hydroxylation is 1. The second-order valence-corrected chi connectivity index (χ2v) is 6.35. The molecule has 0 aromatic carbocycles. The molecular weight excluding hydrogens is 264 g/mol. The fraction of sp³-hybridized carbons (Fsp3) is 0.812. The van der Waals surface area contributed by atoms with Crippen LogP contribution in [0.4, 0.5) is 5.69 Å². The summed E-state index contributed by atoms with van der Waals surface area (Å²) >= 11 is 0. The van der Waals surface area contributed by atoms with Crippen LogP contribution in [0.15, 0.2) is 0 Å². The summed E-state index contributed by atoms with van der Waals surface area (Å²) in [6.45, 7) is 8.49. The van der Waals surface area contributed by atoms with Crippen LogP contribution in [0.3, 0.4) is 0 Å². The largest absolute Gasteiger partial charge is 0.396 e. The lowest BCUT2D eigenvalue weighted by atomic mass is 9.98. The van der Waals surface area contributed by atoms with E-state index in [0.29, 0.717) is 12.6 Å². The average Bonchev–Trinajstić information content (AvgIpc) is 2.69. The summed E-state index contributed by atoms with van der Waals surface area (Å²) in [5, 5.41) is 14.8. The number of likely N-dealkylation sites (tertiary alicyclic amines) is 1. The van der Waals surface area contributed by atoms with Crippen LogP contribution in [0.5, 0.6) is 0 Å². The van der Waals surface area contributed by atoms with E-state index in [-0.39, 0.29) is 6.10 Å². The molecule has 0 bridgehead atoms. The predicted molar refractivity (Wildman–Crippen MR) is 86.2 cm³/mol. The Bertz CT molecular complexity index is 455. The first-order chi connectivity index (χ1) is 10.0. The molecule has 1 aromatic rings. The summed E-state index contributed by atoms with van der Waals surface area (Å²) in [7, 11) is 0. The molecule has 1 saturated heterocycles. The number of nitrogens with two attached hydrogens (primary N) is 1. The van der Waals surface area contributed by atoms with Crippen molar-refractivity contribution in [3.63, 3.8) is 0 Å². The smallest absolute Gasteiger partial charge is 0.0862 e. The minimum Gasteiger partial charge on any atom is -0.396 e. The second-order valence-electron chi connectivity index (χ2n) is 6.35. The summed E-state index contributed by atoms with van der Waals surface area (Å²) in [5.74, 6) is 0. The van der Waals surface area contributed by atoms with Gasteiger partial charge in [-0.1, -0.05) is 19.8 Å². The van der Waals surface area contributed by atoms with Gasteiger partial charge in [-0.3, -0.25) is 9.58 Å². The molecule has 2 rings (SSSR count). The van der Waals surface area contributed by atoms with Crippen molar-refractivity contribution < 1.29 is 5.11 Å². The number of hydrogen-bond donors (Lipinski definition) is 2. The molecule has 0 saturated carbocycles. The van der Waals surface area contributed by atoms with Crippen molar-refractivity contribution >= 4 is 5.69 Å². The summed E-state index contributed by atoms with van der Waals surface area (Å²) < 4.78 is 1.84. The molecule has 0 radical (unpaired) electrons. The lowest BCUT2D eigenvalue weighted by Gasteiger charge is -2.37. The highest BCUT2D eigenvalue weighted by atomic mass is 16.3. The zero-order valence-corrected chi connectivity index (χ0v) is 13.7. The van der Waals surface area contributed by atoms with E-state index in [1.54, 1.807) is 0 Å². The molecule has 0 amide bonds. The van der Waals surface area contributed by atoms with Gasteiger partial charge in [-0.15, -0.1) is 0 Å². The van der Waals surface area contributed by atoms with Gasteiger partial charge in [0.25, 0.3) is 0 Å². The standard InChI is InChI=1S/C16H30N4O/c1-4-7-14-8-5-6-9-19(14)10-15(21)11-20-13(3)16(17)12(2)18-20/h14-15,21H,4-11,17H2,1-3H3. The van der Waals surface area contributed by atoms with Crippen molar-refractivity contribution in [3.8, 4) is 0 Å². The number of β-amino-alcohol motifs (C(OH)–C–C–N with tert-alkyl or cyclic N) is 1. The van der Waals surface area contributed by atoms with E-state index in [2.05, 4.69) is 16.9 Å². The highest BCUT2D eigenvalue weighted by Gasteiger charge is 2.24. The fourth-order valence-electron chi connectivity index (χ4n) is 3.38. The predicted octanol–water partition coefficient (Wildman–Crippen LogP) is 2.10. The third-order valence-corrected chi connectivity index (χ3v) is 4.64. The Labute approximate surface area is 128 Å². The molecule has 2 heterocycles. The fourth-order valence-corrected chi connectivity index (χ4v) is 3.38. The number of piperidine rings is 1. The third-order valence-electron chi connectivity index (χ3n) is 4.64. The Morgan fingerprint density at radius 2 is 2.10 bits per heavy atom. The molecule has 1 fully saturated rings. The van der Waals surface area contributed by atoms with Gasteiger partial charge in [-0.25, -0.2) is 0 Å². The van der Waals surface area contributed by atoms with Crippen LogP contribution < -0.4 is 5.73 Å². The quantitative estimate of drug-likeness (QED) is 0.843. The molecule has 2 unspecified atom stereocenters. The molecule has 3 N–H and O–H groups in total. The molecule has 1 aromatic heterocycles. The summed E-state index contributed by atoms with van der Waals surface area (Å²) in [5.41, 5.74) is 8.49. The van der Waals surface area contributed by atoms with Gasteiger partial charge in [0, 0.05) is 12.6 Å². The van der Waals surface area contributed by atoms with Gasteiger partial charge >= 0.3 is 0 Å². The summed E-state index contributed by atoms with van der Waals surface area (Å²) in [6.07, 6.45) is 5.91. The normalized spacial score (nSPS) is 21.6. The Morgan fingerprint density at radius 3 is 2.71 bits per heavy atom. The summed E-state index contributed by atoms with van der Waals surface area (Å²) in [4.78, 5) is 2.46. The third kappa shape index (κ3) is 3.98. The minimum absolute atomic E-state index is 0.389. The lowest BCUT2D eigenvalue weighted by Crippen LogP contribution is -2.44. The Kier molecular flexibility index (Phi) is 5.65. The molecule has 5 heteroatoms. The molecular formula is C16H30N4O. The molecule has 21 heavy (non-hydrogen) atoms. The van der Waals surface area contributed by atoms with Crippen LogP contribution in [0.25, 0.3) is 0 Å². The molecule has 2 atom stereocenters. The molecule has 0 spiro atoms. The highest BCUT2D eigenvalue weighted by Crippen LogP contribution is 2.21. The van der Waals surface area contributed by atoms with E-state index >= 15 is 0 Å².